The predicted octanol–water partition coefficient (Wildman–Crippen LogP) is 2.87. The van der Waals surface area contributed by atoms with Gasteiger partial charge in [-0.05, 0) is 25.3 Å². The first kappa shape index (κ1) is 15.8. The first-order valence-corrected chi connectivity index (χ1v) is 8.70. The van der Waals surface area contributed by atoms with Crippen LogP contribution in [0.2, 0.25) is 0 Å². The number of hydrogen-bond acceptors (Lipinski definition) is 7. The largest absolute Gasteiger partial charge is 0.338 e. The number of H-pyrrole nitrogens is 1. The highest BCUT2D eigenvalue weighted by Gasteiger charge is 2.18. The number of nitrogens with one attached hydrogen (secondary N) is 2. The van der Waals surface area contributed by atoms with Crippen molar-refractivity contribution in [2.75, 3.05) is 5.32 Å². The number of aromatic amines is 1. The molecule has 0 aromatic carbocycles. The van der Waals surface area contributed by atoms with Gasteiger partial charge in [-0.15, -0.1) is 16.4 Å². The standard InChI is InChI=1S/C14H15N5O2S2/c1-8-6-12(21-19-8)16-13(20)9(2)23-14-15-11(17-18-14)7-10-4-3-5-22-10/h3-6,9H,7H2,1-2H3,(H,16,20)(H,15,17,18). The molecule has 7 nitrogen and oxygen atoms in total. The Balaban J connectivity index is 1.56. The van der Waals surface area contributed by atoms with Crippen molar-refractivity contribution in [1.82, 2.24) is 20.3 Å². The van der Waals surface area contributed by atoms with Gasteiger partial charge in [0.1, 0.15) is 5.82 Å². The van der Waals surface area contributed by atoms with Gasteiger partial charge in [-0.3, -0.25) is 15.2 Å². The van der Waals surface area contributed by atoms with Gasteiger partial charge in [0, 0.05) is 17.4 Å². The second-order valence-electron chi connectivity index (χ2n) is 4.90. The van der Waals surface area contributed by atoms with Crippen LogP contribution in [-0.4, -0.2) is 31.5 Å². The van der Waals surface area contributed by atoms with E-state index in [4.69, 9.17) is 4.52 Å². The zero-order valence-corrected chi connectivity index (χ0v) is 14.2. The minimum atomic E-state index is -0.356. The monoisotopic (exact) mass is 349 g/mol. The fourth-order valence-corrected chi connectivity index (χ4v) is 3.30. The molecule has 3 aromatic heterocycles. The minimum Gasteiger partial charge on any atom is -0.338 e. The van der Waals surface area contributed by atoms with Gasteiger partial charge < -0.3 is 4.52 Å². The Morgan fingerprint density at radius 1 is 1.57 bits per heavy atom. The van der Waals surface area contributed by atoms with E-state index in [1.54, 1.807) is 31.3 Å². The number of amides is 1. The van der Waals surface area contributed by atoms with Crippen molar-refractivity contribution in [2.24, 2.45) is 0 Å². The Bertz CT molecular complexity index is 781. The van der Waals surface area contributed by atoms with Crippen molar-refractivity contribution >= 4 is 34.9 Å². The molecule has 23 heavy (non-hydrogen) atoms. The summed E-state index contributed by atoms with van der Waals surface area (Å²) in [4.78, 5) is 17.7. The fourth-order valence-electron chi connectivity index (χ4n) is 1.84. The van der Waals surface area contributed by atoms with Gasteiger partial charge in [-0.25, -0.2) is 4.98 Å². The van der Waals surface area contributed by atoms with E-state index in [1.807, 2.05) is 11.4 Å². The number of hydrogen-bond donors (Lipinski definition) is 2. The SMILES string of the molecule is Cc1cc(NC(=O)C(C)Sc2n[nH]c(Cc3cccs3)n2)on1. The number of carbonyl (C=O) groups excluding carboxylic acids is 1. The van der Waals surface area contributed by atoms with E-state index in [1.165, 1.54) is 16.6 Å². The van der Waals surface area contributed by atoms with Crippen molar-refractivity contribution in [3.63, 3.8) is 0 Å². The van der Waals surface area contributed by atoms with Crippen LogP contribution in [0, 0.1) is 6.92 Å². The van der Waals surface area contributed by atoms with Crippen LogP contribution in [0.25, 0.3) is 0 Å². The zero-order chi connectivity index (χ0) is 16.2. The van der Waals surface area contributed by atoms with Gasteiger partial charge in [-0.2, -0.15) is 0 Å². The molecule has 0 aliphatic rings. The van der Waals surface area contributed by atoms with Gasteiger partial charge in [0.05, 0.1) is 10.9 Å². The molecule has 120 valence electrons. The van der Waals surface area contributed by atoms with Crippen LogP contribution in [-0.2, 0) is 11.2 Å². The number of aryl methyl sites for hydroxylation is 1. The van der Waals surface area contributed by atoms with Crippen molar-refractivity contribution in [2.45, 2.75) is 30.7 Å². The van der Waals surface area contributed by atoms with Gasteiger partial charge in [-0.1, -0.05) is 23.0 Å². The molecule has 0 saturated heterocycles. The van der Waals surface area contributed by atoms with Gasteiger partial charge in [0.15, 0.2) is 0 Å². The summed E-state index contributed by atoms with van der Waals surface area (Å²) in [5.74, 6) is 0.942. The summed E-state index contributed by atoms with van der Waals surface area (Å²) in [5, 5.41) is 15.7. The normalized spacial score (nSPS) is 12.3. The molecule has 0 spiro atoms. The molecule has 0 radical (unpaired) electrons. The van der Waals surface area contributed by atoms with Gasteiger partial charge in [0.2, 0.25) is 16.9 Å². The van der Waals surface area contributed by atoms with Crippen LogP contribution in [0.4, 0.5) is 5.88 Å². The van der Waals surface area contributed by atoms with E-state index >= 15 is 0 Å². The maximum Gasteiger partial charge on any atom is 0.240 e. The van der Waals surface area contributed by atoms with E-state index in [0.29, 0.717) is 23.2 Å². The highest BCUT2D eigenvalue weighted by molar-refractivity contribution is 8.00. The summed E-state index contributed by atoms with van der Waals surface area (Å²) in [7, 11) is 0. The van der Waals surface area contributed by atoms with Crippen molar-refractivity contribution in [3.05, 3.63) is 40.0 Å². The second-order valence-corrected chi connectivity index (χ2v) is 7.24. The number of thiophene rings is 1. The van der Waals surface area contributed by atoms with Gasteiger partial charge in [0.25, 0.3) is 0 Å². The molecule has 3 heterocycles. The smallest absolute Gasteiger partial charge is 0.240 e. The highest BCUT2D eigenvalue weighted by atomic mass is 32.2. The highest BCUT2D eigenvalue weighted by Crippen LogP contribution is 2.22. The van der Waals surface area contributed by atoms with Crippen molar-refractivity contribution in [3.8, 4) is 0 Å². The lowest BCUT2D eigenvalue weighted by molar-refractivity contribution is -0.115. The first-order valence-electron chi connectivity index (χ1n) is 6.94. The third-order valence-corrected chi connectivity index (χ3v) is 4.80. The maximum atomic E-state index is 12.1. The second kappa shape index (κ2) is 6.97. The summed E-state index contributed by atoms with van der Waals surface area (Å²) in [6, 6.07) is 5.72. The summed E-state index contributed by atoms with van der Waals surface area (Å²) < 4.78 is 4.97. The number of carbonyl (C=O) groups is 1. The first-order chi connectivity index (χ1) is 11.1. The Labute approximate surface area is 140 Å². The Kier molecular flexibility index (Phi) is 4.77. The average Bonchev–Trinajstić information content (AvgIpc) is 3.24. The third kappa shape index (κ3) is 4.20. The Morgan fingerprint density at radius 2 is 2.43 bits per heavy atom. The van der Waals surface area contributed by atoms with Crippen LogP contribution in [0.15, 0.2) is 33.3 Å². The van der Waals surface area contributed by atoms with E-state index in [-0.39, 0.29) is 11.2 Å². The van der Waals surface area contributed by atoms with Crippen molar-refractivity contribution in [1.29, 1.82) is 0 Å². The summed E-state index contributed by atoms with van der Waals surface area (Å²) in [6.45, 7) is 3.58. The molecule has 0 bridgehead atoms. The zero-order valence-electron chi connectivity index (χ0n) is 12.6. The Morgan fingerprint density at radius 3 is 3.13 bits per heavy atom. The third-order valence-electron chi connectivity index (χ3n) is 2.96. The molecule has 1 atom stereocenters. The number of rotatable bonds is 6. The van der Waals surface area contributed by atoms with Crippen LogP contribution in [0.3, 0.4) is 0 Å². The van der Waals surface area contributed by atoms with Crippen LogP contribution in [0.1, 0.15) is 23.3 Å². The van der Waals surface area contributed by atoms with E-state index < -0.39 is 0 Å². The number of nitrogens with zero attached hydrogens (tertiary/aromatic N) is 3. The number of thioether (sulfide) groups is 1. The molecule has 1 amide bonds. The lowest BCUT2D eigenvalue weighted by atomic mass is 10.3. The lowest BCUT2D eigenvalue weighted by Gasteiger charge is -2.07. The molecule has 0 saturated carbocycles. The quantitative estimate of drug-likeness (QED) is 0.664. The van der Waals surface area contributed by atoms with Crippen LogP contribution < -0.4 is 5.32 Å². The lowest BCUT2D eigenvalue weighted by Crippen LogP contribution is -2.22. The molecule has 3 aromatic rings. The molecule has 2 N–H and O–H groups in total. The molecule has 3 rings (SSSR count). The van der Waals surface area contributed by atoms with Gasteiger partial charge >= 0.3 is 0 Å². The topological polar surface area (TPSA) is 96.7 Å². The van der Waals surface area contributed by atoms with Crippen LogP contribution in [0.5, 0.6) is 0 Å². The number of anilines is 1. The van der Waals surface area contributed by atoms with Crippen molar-refractivity contribution < 1.29 is 9.32 Å². The Hall–Kier alpha value is -2.13. The summed E-state index contributed by atoms with van der Waals surface area (Å²) in [5.41, 5.74) is 0.716. The predicted molar refractivity (Wildman–Crippen MR) is 88.7 cm³/mol. The average molecular weight is 349 g/mol. The maximum absolute atomic E-state index is 12.1. The van der Waals surface area contributed by atoms with E-state index in [2.05, 4.69) is 31.7 Å². The molecular formula is C14H15N5O2S2. The van der Waals surface area contributed by atoms with E-state index in [9.17, 15) is 4.79 Å². The molecular weight excluding hydrogens is 334 g/mol. The molecule has 0 fully saturated rings. The number of aromatic nitrogens is 4. The van der Waals surface area contributed by atoms with E-state index in [0.717, 1.165) is 5.82 Å². The summed E-state index contributed by atoms with van der Waals surface area (Å²) in [6.07, 6.45) is 0.711. The fraction of sp³-hybridized carbons (Fsp3) is 0.286. The molecule has 1 unspecified atom stereocenters. The molecule has 9 heteroatoms. The summed E-state index contributed by atoms with van der Waals surface area (Å²) >= 11 is 2.96. The molecule has 0 aliphatic heterocycles. The minimum absolute atomic E-state index is 0.184. The van der Waals surface area contributed by atoms with Crippen LogP contribution >= 0.6 is 23.1 Å². The molecule has 0 aliphatic carbocycles.